The van der Waals surface area contributed by atoms with Gasteiger partial charge in [0, 0.05) is 33.7 Å². The Morgan fingerprint density at radius 2 is 2.03 bits per heavy atom. The van der Waals surface area contributed by atoms with Crippen molar-refractivity contribution in [2.45, 2.75) is 19.4 Å². The van der Waals surface area contributed by atoms with Crippen molar-refractivity contribution in [3.63, 3.8) is 0 Å². The molecule has 1 fully saturated rings. The largest absolute Gasteiger partial charge is 0.493 e. The van der Waals surface area contributed by atoms with Gasteiger partial charge in [0.1, 0.15) is 0 Å². The Hall–Kier alpha value is -3.07. The van der Waals surface area contributed by atoms with E-state index in [1.165, 1.54) is 23.3 Å². The third-order valence-corrected chi connectivity index (χ3v) is 6.21. The molecule has 3 amide bonds. The number of nitrogens with zero attached hydrogens (tertiary/aromatic N) is 2. The first-order valence-corrected chi connectivity index (χ1v) is 11.4. The predicted molar refractivity (Wildman–Crippen MR) is 122 cm³/mol. The van der Waals surface area contributed by atoms with Crippen molar-refractivity contribution in [1.82, 2.24) is 15.1 Å². The molecule has 2 aromatic rings. The van der Waals surface area contributed by atoms with Gasteiger partial charge in [-0.2, -0.15) is 0 Å². The maximum Gasteiger partial charge on any atom is 0.263 e. The molecule has 8 nitrogen and oxygen atoms in total. The Morgan fingerprint density at radius 1 is 1.22 bits per heavy atom. The minimum atomic E-state index is -0.228. The maximum absolute atomic E-state index is 12.7. The first-order chi connectivity index (χ1) is 15.4. The molecule has 172 valence electrons. The topological polar surface area (TPSA) is 88.2 Å². The molecule has 1 atom stereocenters. The number of nitrogens with one attached hydrogen (secondary N) is 1. The lowest BCUT2D eigenvalue weighted by Crippen LogP contribution is -2.45. The summed E-state index contributed by atoms with van der Waals surface area (Å²) in [6.07, 6.45) is 1.57. The zero-order valence-corrected chi connectivity index (χ0v) is 19.4. The van der Waals surface area contributed by atoms with Crippen molar-refractivity contribution in [2.75, 3.05) is 40.9 Å². The molecule has 1 aliphatic heterocycles. The molecule has 1 N–H and O–H groups in total. The summed E-state index contributed by atoms with van der Waals surface area (Å²) in [4.78, 5) is 41.0. The number of hydrogen-bond donors (Lipinski definition) is 1. The quantitative estimate of drug-likeness (QED) is 0.655. The number of likely N-dealkylation sites (N-methyl/N-ethyl adjacent to an activating group) is 1. The molecule has 1 saturated heterocycles. The highest BCUT2D eigenvalue weighted by atomic mass is 32.1. The number of rotatable bonds is 8. The minimum Gasteiger partial charge on any atom is -0.493 e. The van der Waals surface area contributed by atoms with Gasteiger partial charge in [-0.3, -0.25) is 14.4 Å². The van der Waals surface area contributed by atoms with Crippen LogP contribution in [0.15, 0.2) is 35.7 Å². The van der Waals surface area contributed by atoms with Crippen LogP contribution in [0.3, 0.4) is 0 Å². The molecule has 32 heavy (non-hydrogen) atoms. The number of benzene rings is 1. The third-order valence-electron chi connectivity index (χ3n) is 5.36. The van der Waals surface area contributed by atoms with E-state index in [2.05, 4.69) is 5.32 Å². The molecule has 1 aromatic carbocycles. The van der Waals surface area contributed by atoms with Gasteiger partial charge in [-0.25, -0.2) is 0 Å². The monoisotopic (exact) mass is 459 g/mol. The van der Waals surface area contributed by atoms with Crippen LogP contribution < -0.4 is 14.8 Å². The van der Waals surface area contributed by atoms with Crippen molar-refractivity contribution in [3.05, 3.63) is 46.2 Å². The van der Waals surface area contributed by atoms with Gasteiger partial charge in [-0.05, 0) is 42.0 Å². The van der Waals surface area contributed by atoms with Crippen molar-refractivity contribution in [3.8, 4) is 11.5 Å². The lowest BCUT2D eigenvalue weighted by atomic mass is 9.97. The van der Waals surface area contributed by atoms with Crippen LogP contribution in [-0.4, -0.2) is 68.4 Å². The van der Waals surface area contributed by atoms with Gasteiger partial charge in [-0.1, -0.05) is 12.1 Å². The molecule has 1 unspecified atom stereocenters. The van der Waals surface area contributed by atoms with Crippen LogP contribution in [0.1, 0.15) is 28.1 Å². The van der Waals surface area contributed by atoms with E-state index in [0.29, 0.717) is 36.0 Å². The van der Waals surface area contributed by atoms with E-state index in [-0.39, 0.29) is 30.2 Å². The number of carbonyl (C=O) groups excluding carboxylic acids is 3. The highest BCUT2D eigenvalue weighted by Crippen LogP contribution is 2.28. The second kappa shape index (κ2) is 11.0. The fourth-order valence-electron chi connectivity index (χ4n) is 3.48. The fraction of sp³-hybridized carbons (Fsp3) is 0.435. The normalized spacial score (nSPS) is 15.7. The van der Waals surface area contributed by atoms with Crippen LogP contribution in [0.2, 0.25) is 0 Å². The lowest BCUT2D eigenvalue weighted by molar-refractivity contribution is -0.130. The average molecular weight is 460 g/mol. The predicted octanol–water partition coefficient (Wildman–Crippen LogP) is 2.39. The van der Waals surface area contributed by atoms with Gasteiger partial charge in [0.25, 0.3) is 11.8 Å². The smallest absolute Gasteiger partial charge is 0.263 e. The van der Waals surface area contributed by atoms with E-state index in [0.717, 1.165) is 18.4 Å². The molecule has 3 rings (SSSR count). The molecular weight excluding hydrogens is 430 g/mol. The van der Waals surface area contributed by atoms with Crippen molar-refractivity contribution < 1.29 is 23.9 Å². The average Bonchev–Trinajstić information content (AvgIpc) is 3.35. The Bertz CT molecular complexity index is 945. The third kappa shape index (κ3) is 6.00. The highest BCUT2D eigenvalue weighted by molar-refractivity contribution is 7.12. The molecule has 1 aromatic heterocycles. The summed E-state index contributed by atoms with van der Waals surface area (Å²) >= 11 is 1.42. The summed E-state index contributed by atoms with van der Waals surface area (Å²) in [5.41, 5.74) is 0.851. The molecule has 0 radical (unpaired) electrons. The number of methoxy groups -OCH3 is 1. The van der Waals surface area contributed by atoms with Crippen LogP contribution in [-0.2, 0) is 16.1 Å². The Kier molecular flexibility index (Phi) is 8.10. The van der Waals surface area contributed by atoms with Crippen LogP contribution in [0.5, 0.6) is 11.5 Å². The van der Waals surface area contributed by atoms with E-state index in [9.17, 15) is 14.4 Å². The molecular formula is C23H29N3O5S. The van der Waals surface area contributed by atoms with E-state index in [1.807, 2.05) is 23.6 Å². The Labute approximate surface area is 192 Å². The second-order valence-corrected chi connectivity index (χ2v) is 8.80. The van der Waals surface area contributed by atoms with Crippen LogP contribution in [0, 0.1) is 5.92 Å². The summed E-state index contributed by atoms with van der Waals surface area (Å²) in [6.45, 7) is 1.36. The first-order valence-electron chi connectivity index (χ1n) is 10.5. The van der Waals surface area contributed by atoms with Crippen molar-refractivity contribution in [2.24, 2.45) is 5.92 Å². The van der Waals surface area contributed by atoms with Gasteiger partial charge < -0.3 is 24.6 Å². The standard InChI is InChI=1S/C23H29N3O5S/c1-25(2)21(27)15-31-18-9-8-16(12-19(18)30-3)13-24-22(28)17-6-4-10-26(14-17)23(29)20-7-5-11-32-20/h5,7-9,11-12,17H,4,6,10,13-15H2,1-3H3,(H,24,28). The van der Waals surface area contributed by atoms with Gasteiger partial charge in [-0.15, -0.1) is 11.3 Å². The van der Waals surface area contributed by atoms with Crippen LogP contribution in [0.4, 0.5) is 0 Å². The van der Waals surface area contributed by atoms with E-state index in [4.69, 9.17) is 9.47 Å². The number of ether oxygens (including phenoxy) is 2. The molecule has 1 aliphatic rings. The number of carbonyl (C=O) groups is 3. The zero-order chi connectivity index (χ0) is 23.1. The SMILES string of the molecule is COc1cc(CNC(=O)C2CCCN(C(=O)c3cccs3)C2)ccc1OCC(=O)N(C)C. The zero-order valence-electron chi connectivity index (χ0n) is 18.6. The number of amides is 3. The van der Waals surface area contributed by atoms with Crippen molar-refractivity contribution >= 4 is 29.1 Å². The summed E-state index contributed by atoms with van der Waals surface area (Å²) in [5, 5.41) is 4.85. The van der Waals surface area contributed by atoms with Crippen LogP contribution >= 0.6 is 11.3 Å². The van der Waals surface area contributed by atoms with Gasteiger partial charge >= 0.3 is 0 Å². The molecule has 9 heteroatoms. The molecule has 0 spiro atoms. The molecule has 2 heterocycles. The minimum absolute atomic E-state index is 0.00873. The van der Waals surface area contributed by atoms with Gasteiger partial charge in [0.15, 0.2) is 18.1 Å². The maximum atomic E-state index is 12.7. The number of thiophene rings is 1. The lowest BCUT2D eigenvalue weighted by Gasteiger charge is -2.31. The summed E-state index contributed by atoms with van der Waals surface area (Å²) in [6, 6.07) is 9.00. The van der Waals surface area contributed by atoms with Gasteiger partial charge in [0.2, 0.25) is 5.91 Å². The number of piperidine rings is 1. The number of hydrogen-bond acceptors (Lipinski definition) is 6. The Morgan fingerprint density at radius 3 is 2.72 bits per heavy atom. The highest BCUT2D eigenvalue weighted by Gasteiger charge is 2.29. The van der Waals surface area contributed by atoms with Gasteiger partial charge in [0.05, 0.1) is 17.9 Å². The van der Waals surface area contributed by atoms with Crippen molar-refractivity contribution in [1.29, 1.82) is 0 Å². The summed E-state index contributed by atoms with van der Waals surface area (Å²) in [5.74, 6) is 0.508. The molecule has 0 saturated carbocycles. The van der Waals surface area contributed by atoms with E-state index < -0.39 is 0 Å². The fourth-order valence-corrected chi connectivity index (χ4v) is 4.17. The molecule has 0 bridgehead atoms. The first kappa shape index (κ1) is 23.6. The summed E-state index contributed by atoms with van der Waals surface area (Å²) < 4.78 is 10.9. The van der Waals surface area contributed by atoms with E-state index in [1.54, 1.807) is 31.1 Å². The summed E-state index contributed by atoms with van der Waals surface area (Å²) in [7, 11) is 4.86. The van der Waals surface area contributed by atoms with E-state index >= 15 is 0 Å². The Balaban J connectivity index is 1.54. The molecule has 0 aliphatic carbocycles. The second-order valence-electron chi connectivity index (χ2n) is 7.85. The van der Waals surface area contributed by atoms with Crippen LogP contribution in [0.25, 0.3) is 0 Å². The number of likely N-dealkylation sites (tertiary alicyclic amines) is 1.